The Morgan fingerprint density at radius 3 is 2.57 bits per heavy atom. The minimum atomic E-state index is -0.138. The molecule has 3 amide bonds. The number of hydrogen-bond donors (Lipinski definition) is 2. The van der Waals surface area contributed by atoms with Crippen molar-refractivity contribution in [1.82, 2.24) is 15.2 Å². The molecule has 2 N–H and O–H groups in total. The van der Waals surface area contributed by atoms with Crippen LogP contribution in [0.25, 0.3) is 0 Å². The van der Waals surface area contributed by atoms with Gasteiger partial charge in [-0.05, 0) is 51.0 Å². The largest absolute Gasteiger partial charge is 0.494 e. The topological polar surface area (TPSA) is 83.6 Å². The maximum absolute atomic E-state index is 12.4. The first kappa shape index (κ1) is 20.1. The van der Waals surface area contributed by atoms with Crippen LogP contribution in [0, 0.1) is 12.8 Å². The predicted octanol–water partition coefficient (Wildman–Crippen LogP) is 3.41. The van der Waals surface area contributed by atoms with Crippen LogP contribution in [-0.2, 0) is 11.3 Å². The molecule has 1 aromatic heterocycles. The molecule has 1 aromatic carbocycles. The normalized spacial score (nSPS) is 14.6. The van der Waals surface area contributed by atoms with Crippen LogP contribution in [0.3, 0.4) is 0 Å². The molecule has 0 saturated carbocycles. The third-order valence-electron chi connectivity index (χ3n) is 4.68. The summed E-state index contributed by atoms with van der Waals surface area (Å²) in [5, 5.41) is 8.81. The van der Waals surface area contributed by atoms with Gasteiger partial charge < -0.3 is 20.3 Å². The number of piperidine rings is 1. The van der Waals surface area contributed by atoms with Gasteiger partial charge >= 0.3 is 6.03 Å². The quantitative estimate of drug-likeness (QED) is 0.776. The van der Waals surface area contributed by atoms with Gasteiger partial charge in [0.15, 0.2) is 0 Å². The number of rotatable bonds is 6. The molecule has 0 unspecified atom stereocenters. The van der Waals surface area contributed by atoms with Gasteiger partial charge in [-0.2, -0.15) is 0 Å². The average molecular weight is 403 g/mol. The number of thiazole rings is 1. The van der Waals surface area contributed by atoms with Crippen LogP contribution in [0.4, 0.5) is 10.5 Å². The van der Waals surface area contributed by atoms with Gasteiger partial charge in [-0.25, -0.2) is 9.78 Å². The maximum atomic E-state index is 12.4. The highest BCUT2D eigenvalue weighted by atomic mass is 32.1. The number of anilines is 1. The van der Waals surface area contributed by atoms with Crippen molar-refractivity contribution >= 4 is 29.0 Å². The van der Waals surface area contributed by atoms with Crippen molar-refractivity contribution in [3.8, 4) is 5.75 Å². The fraction of sp³-hybridized carbons (Fsp3) is 0.450. The third kappa shape index (κ3) is 5.45. The maximum Gasteiger partial charge on any atom is 0.321 e. The van der Waals surface area contributed by atoms with Gasteiger partial charge in [0.05, 0.1) is 23.9 Å². The van der Waals surface area contributed by atoms with Crippen molar-refractivity contribution in [2.45, 2.75) is 33.2 Å². The molecule has 0 bridgehead atoms. The van der Waals surface area contributed by atoms with Crippen molar-refractivity contribution in [2.24, 2.45) is 5.92 Å². The number of aryl methyl sites for hydroxylation is 1. The Labute approximate surface area is 169 Å². The van der Waals surface area contributed by atoms with E-state index >= 15 is 0 Å². The molecule has 0 aliphatic carbocycles. The molecular formula is C20H26N4O3S. The predicted molar refractivity (Wildman–Crippen MR) is 110 cm³/mol. The molecule has 0 atom stereocenters. The molecule has 3 rings (SSSR count). The van der Waals surface area contributed by atoms with Crippen LogP contribution in [-0.4, -0.2) is 41.5 Å². The van der Waals surface area contributed by atoms with E-state index in [9.17, 15) is 9.59 Å². The summed E-state index contributed by atoms with van der Waals surface area (Å²) in [6, 6.07) is 7.17. The Morgan fingerprint density at radius 1 is 1.25 bits per heavy atom. The zero-order valence-corrected chi connectivity index (χ0v) is 17.1. The minimum Gasteiger partial charge on any atom is -0.494 e. The summed E-state index contributed by atoms with van der Waals surface area (Å²) in [6.07, 6.45) is 1.33. The number of nitrogens with zero attached hydrogens (tertiary/aromatic N) is 2. The van der Waals surface area contributed by atoms with Gasteiger partial charge in [-0.1, -0.05) is 0 Å². The van der Waals surface area contributed by atoms with Crippen molar-refractivity contribution in [3.63, 3.8) is 0 Å². The Morgan fingerprint density at radius 2 is 1.96 bits per heavy atom. The lowest BCUT2D eigenvalue weighted by Crippen LogP contribution is -2.44. The molecule has 1 saturated heterocycles. The molecule has 0 radical (unpaired) electrons. The van der Waals surface area contributed by atoms with E-state index in [2.05, 4.69) is 15.6 Å². The van der Waals surface area contributed by atoms with Crippen LogP contribution in [0.2, 0.25) is 0 Å². The van der Waals surface area contributed by atoms with Gasteiger partial charge in [0.2, 0.25) is 5.91 Å². The van der Waals surface area contributed by atoms with Crippen LogP contribution in [0.5, 0.6) is 5.75 Å². The first-order chi connectivity index (χ1) is 13.5. The molecule has 7 nitrogen and oxygen atoms in total. The second-order valence-corrected chi connectivity index (χ2v) is 7.79. The van der Waals surface area contributed by atoms with Gasteiger partial charge in [0, 0.05) is 30.1 Å². The summed E-state index contributed by atoms with van der Waals surface area (Å²) in [7, 11) is 0. The molecule has 150 valence electrons. The van der Waals surface area contributed by atoms with Crippen LogP contribution in [0.15, 0.2) is 29.6 Å². The molecule has 8 heteroatoms. The van der Waals surface area contributed by atoms with Gasteiger partial charge in [0.1, 0.15) is 5.75 Å². The summed E-state index contributed by atoms with van der Waals surface area (Å²) in [5.74, 6) is 0.756. The van der Waals surface area contributed by atoms with Crippen molar-refractivity contribution in [1.29, 1.82) is 0 Å². The number of ether oxygens (including phenoxy) is 1. The van der Waals surface area contributed by atoms with Crippen molar-refractivity contribution < 1.29 is 14.3 Å². The molecule has 2 aromatic rings. The summed E-state index contributed by atoms with van der Waals surface area (Å²) in [4.78, 5) is 30.9. The number of aromatic nitrogens is 1. The van der Waals surface area contributed by atoms with E-state index in [1.54, 1.807) is 16.2 Å². The zero-order valence-electron chi connectivity index (χ0n) is 16.2. The van der Waals surface area contributed by atoms with Gasteiger partial charge in [0.25, 0.3) is 0 Å². The number of carbonyl (C=O) groups is 2. The molecule has 28 heavy (non-hydrogen) atoms. The van der Waals surface area contributed by atoms with E-state index in [1.807, 2.05) is 43.5 Å². The molecule has 1 fully saturated rings. The first-order valence-electron chi connectivity index (χ1n) is 9.52. The summed E-state index contributed by atoms with van der Waals surface area (Å²) >= 11 is 1.58. The Bertz CT molecular complexity index is 798. The second kappa shape index (κ2) is 9.54. The lowest BCUT2D eigenvalue weighted by atomic mass is 9.96. The van der Waals surface area contributed by atoms with Gasteiger partial charge in [-0.15, -0.1) is 11.3 Å². The highest BCUT2D eigenvalue weighted by Crippen LogP contribution is 2.20. The summed E-state index contributed by atoms with van der Waals surface area (Å²) in [5.41, 5.74) is 1.62. The lowest BCUT2D eigenvalue weighted by Gasteiger charge is -2.31. The highest BCUT2D eigenvalue weighted by Gasteiger charge is 2.27. The van der Waals surface area contributed by atoms with E-state index < -0.39 is 0 Å². The number of likely N-dealkylation sites (tertiary alicyclic amines) is 1. The smallest absolute Gasteiger partial charge is 0.321 e. The van der Waals surface area contributed by atoms with E-state index in [1.165, 1.54) is 0 Å². The Balaban J connectivity index is 1.42. The van der Waals surface area contributed by atoms with Crippen LogP contribution < -0.4 is 15.4 Å². The van der Waals surface area contributed by atoms with E-state index in [4.69, 9.17) is 4.74 Å². The molecule has 1 aliphatic heterocycles. The summed E-state index contributed by atoms with van der Waals surface area (Å²) < 4.78 is 5.40. The first-order valence-corrected chi connectivity index (χ1v) is 10.4. The van der Waals surface area contributed by atoms with E-state index in [0.717, 1.165) is 22.1 Å². The lowest BCUT2D eigenvalue weighted by molar-refractivity contribution is -0.126. The second-order valence-electron chi connectivity index (χ2n) is 6.72. The third-order valence-corrected chi connectivity index (χ3v) is 5.50. The van der Waals surface area contributed by atoms with Gasteiger partial charge in [-0.3, -0.25) is 4.79 Å². The van der Waals surface area contributed by atoms with Crippen LogP contribution >= 0.6 is 11.3 Å². The SMILES string of the molecule is CCOc1ccc(NC(=O)N2CCC(C(=O)NCc3csc(C)n3)CC2)cc1. The highest BCUT2D eigenvalue weighted by molar-refractivity contribution is 7.09. The number of amides is 3. The standard InChI is InChI=1S/C20H26N4O3S/c1-3-27-18-6-4-16(5-7-18)23-20(26)24-10-8-15(9-11-24)19(25)21-12-17-13-28-14(2)22-17/h4-7,13,15H,3,8-12H2,1-2H3,(H,21,25)(H,23,26). The van der Waals surface area contributed by atoms with E-state index in [0.29, 0.717) is 39.1 Å². The van der Waals surface area contributed by atoms with Crippen molar-refractivity contribution in [3.05, 3.63) is 40.3 Å². The zero-order chi connectivity index (χ0) is 19.9. The number of nitrogens with one attached hydrogen (secondary N) is 2. The minimum absolute atomic E-state index is 0.0391. The molecule has 0 spiro atoms. The Hall–Kier alpha value is -2.61. The summed E-state index contributed by atoms with van der Waals surface area (Å²) in [6.45, 7) is 6.08. The number of hydrogen-bond acceptors (Lipinski definition) is 5. The number of carbonyl (C=O) groups excluding carboxylic acids is 2. The fourth-order valence-electron chi connectivity index (χ4n) is 3.16. The number of benzene rings is 1. The average Bonchev–Trinajstić information content (AvgIpc) is 3.13. The fourth-order valence-corrected chi connectivity index (χ4v) is 3.77. The van der Waals surface area contributed by atoms with Crippen molar-refractivity contribution in [2.75, 3.05) is 25.0 Å². The Kier molecular flexibility index (Phi) is 6.86. The number of urea groups is 1. The monoisotopic (exact) mass is 402 g/mol. The van der Waals surface area contributed by atoms with E-state index in [-0.39, 0.29) is 17.9 Å². The van der Waals surface area contributed by atoms with Crippen LogP contribution in [0.1, 0.15) is 30.5 Å². The molecular weight excluding hydrogens is 376 g/mol. The molecule has 1 aliphatic rings. The molecule has 2 heterocycles.